The summed E-state index contributed by atoms with van der Waals surface area (Å²) in [7, 11) is 2.23. The maximum absolute atomic E-state index is 4.80. The topological polar surface area (TPSA) is 27.6 Å². The second-order valence-corrected chi connectivity index (χ2v) is 6.79. The third kappa shape index (κ3) is 2.48. The summed E-state index contributed by atoms with van der Waals surface area (Å²) in [4.78, 5) is 7.25. The number of nitrogens with zero attached hydrogens (tertiary/aromatic N) is 2. The summed E-state index contributed by atoms with van der Waals surface area (Å²) in [5, 5.41) is 4.91. The molecule has 1 aliphatic carbocycles. The van der Waals surface area contributed by atoms with Crippen LogP contribution in [0.4, 0.5) is 0 Å². The molecular weight excluding hydrogens is 230 g/mol. The fraction of sp³-hybridized carbons (Fsp3) is 0.923. The zero-order chi connectivity index (χ0) is 11.7. The quantitative estimate of drug-likeness (QED) is 0.816. The normalized spacial score (nSPS) is 34.9. The van der Waals surface area contributed by atoms with Crippen LogP contribution >= 0.6 is 11.8 Å². The Morgan fingerprint density at radius 3 is 2.94 bits per heavy atom. The Kier molecular flexibility index (Phi) is 3.35. The van der Waals surface area contributed by atoms with Crippen LogP contribution in [0.2, 0.25) is 0 Å². The highest BCUT2D eigenvalue weighted by Crippen LogP contribution is 2.37. The molecule has 0 amide bonds. The Hall–Kier alpha value is -0.220. The van der Waals surface area contributed by atoms with Gasteiger partial charge in [0.15, 0.2) is 5.17 Å². The first kappa shape index (κ1) is 11.8. The summed E-state index contributed by atoms with van der Waals surface area (Å²) >= 11 is 1.94. The molecule has 4 heteroatoms. The number of nitrogens with one attached hydrogen (secondary N) is 1. The first-order valence-corrected chi connectivity index (χ1v) is 7.92. The van der Waals surface area contributed by atoms with Crippen LogP contribution in [0.5, 0.6) is 0 Å². The van der Waals surface area contributed by atoms with Crippen LogP contribution < -0.4 is 5.32 Å². The average molecular weight is 253 g/mol. The van der Waals surface area contributed by atoms with E-state index < -0.39 is 0 Å². The lowest BCUT2D eigenvalue weighted by molar-refractivity contribution is 0.317. The van der Waals surface area contributed by atoms with Crippen molar-refractivity contribution in [1.29, 1.82) is 0 Å². The average Bonchev–Trinajstić information content (AvgIpc) is 3.01. The SMILES string of the molecule is CN1CCCC1CN=C1NC2(CCCC2)CS1. The van der Waals surface area contributed by atoms with Crippen LogP contribution in [0.1, 0.15) is 38.5 Å². The van der Waals surface area contributed by atoms with E-state index in [9.17, 15) is 0 Å². The van der Waals surface area contributed by atoms with E-state index in [0.29, 0.717) is 11.6 Å². The van der Waals surface area contributed by atoms with Crippen LogP contribution in [0.3, 0.4) is 0 Å². The van der Waals surface area contributed by atoms with Crippen LogP contribution in [0, 0.1) is 0 Å². The molecule has 3 rings (SSSR count). The summed E-state index contributed by atoms with van der Waals surface area (Å²) < 4.78 is 0. The number of hydrogen-bond acceptors (Lipinski definition) is 3. The lowest BCUT2D eigenvalue weighted by Gasteiger charge is -2.22. The van der Waals surface area contributed by atoms with Gasteiger partial charge in [-0.25, -0.2) is 0 Å². The van der Waals surface area contributed by atoms with Crippen molar-refractivity contribution in [3.8, 4) is 0 Å². The van der Waals surface area contributed by atoms with Crippen LogP contribution in [-0.2, 0) is 0 Å². The first-order valence-electron chi connectivity index (χ1n) is 6.93. The molecule has 3 fully saturated rings. The van der Waals surface area contributed by atoms with Gasteiger partial charge in [0.05, 0.1) is 6.54 Å². The second-order valence-electron chi connectivity index (χ2n) is 5.82. The number of aliphatic imine (C=N–C) groups is 1. The molecule has 1 N–H and O–H groups in total. The summed E-state index contributed by atoms with van der Waals surface area (Å²) in [6.07, 6.45) is 8.16. The Labute approximate surface area is 108 Å². The van der Waals surface area contributed by atoms with Gasteiger partial charge < -0.3 is 10.2 Å². The molecule has 0 aromatic rings. The lowest BCUT2D eigenvalue weighted by Crippen LogP contribution is -2.41. The monoisotopic (exact) mass is 253 g/mol. The van der Waals surface area contributed by atoms with E-state index >= 15 is 0 Å². The molecule has 1 unspecified atom stereocenters. The molecule has 2 heterocycles. The Morgan fingerprint density at radius 1 is 1.41 bits per heavy atom. The van der Waals surface area contributed by atoms with Gasteiger partial charge in [0.2, 0.25) is 0 Å². The van der Waals surface area contributed by atoms with Gasteiger partial charge in [-0.15, -0.1) is 0 Å². The van der Waals surface area contributed by atoms with Crippen molar-refractivity contribution < 1.29 is 0 Å². The van der Waals surface area contributed by atoms with E-state index in [0.717, 1.165) is 6.54 Å². The number of thioether (sulfide) groups is 1. The molecule has 2 aliphatic heterocycles. The molecule has 2 saturated heterocycles. The number of likely N-dealkylation sites (N-methyl/N-ethyl adjacent to an activating group) is 1. The number of amidine groups is 1. The zero-order valence-electron chi connectivity index (χ0n) is 10.7. The smallest absolute Gasteiger partial charge is 0.157 e. The molecule has 1 spiro atoms. The van der Waals surface area contributed by atoms with Crippen molar-refractivity contribution in [1.82, 2.24) is 10.2 Å². The van der Waals surface area contributed by atoms with E-state index in [4.69, 9.17) is 4.99 Å². The molecule has 0 aromatic carbocycles. The minimum absolute atomic E-state index is 0.422. The Balaban J connectivity index is 1.55. The molecule has 0 aromatic heterocycles. The van der Waals surface area contributed by atoms with E-state index in [2.05, 4.69) is 17.3 Å². The summed E-state index contributed by atoms with van der Waals surface area (Å²) in [6, 6.07) is 0.685. The standard InChI is InChI=1S/C13H23N3S/c1-16-8-4-5-11(16)9-14-12-15-13(10-17-12)6-2-3-7-13/h11H,2-10H2,1H3,(H,14,15). The Bertz CT molecular complexity index is 310. The third-order valence-electron chi connectivity index (χ3n) is 4.54. The predicted molar refractivity (Wildman–Crippen MR) is 74.7 cm³/mol. The predicted octanol–water partition coefficient (Wildman–Crippen LogP) is 2.09. The molecule has 0 bridgehead atoms. The van der Waals surface area contributed by atoms with E-state index in [1.54, 1.807) is 0 Å². The molecule has 3 nitrogen and oxygen atoms in total. The zero-order valence-corrected chi connectivity index (χ0v) is 11.6. The van der Waals surface area contributed by atoms with Crippen molar-refractivity contribution in [2.75, 3.05) is 25.9 Å². The molecule has 17 heavy (non-hydrogen) atoms. The number of hydrogen-bond donors (Lipinski definition) is 1. The van der Waals surface area contributed by atoms with Crippen LogP contribution in [0.15, 0.2) is 4.99 Å². The van der Waals surface area contributed by atoms with Gasteiger partial charge in [-0.1, -0.05) is 24.6 Å². The van der Waals surface area contributed by atoms with Crippen molar-refractivity contribution in [2.24, 2.45) is 4.99 Å². The highest BCUT2D eigenvalue weighted by Gasteiger charge is 2.39. The maximum atomic E-state index is 4.80. The van der Waals surface area contributed by atoms with Crippen LogP contribution in [-0.4, -0.2) is 47.5 Å². The van der Waals surface area contributed by atoms with E-state index in [1.165, 1.54) is 56.0 Å². The lowest BCUT2D eigenvalue weighted by atomic mass is 10.0. The van der Waals surface area contributed by atoms with Gasteiger partial charge in [-0.3, -0.25) is 4.99 Å². The molecular formula is C13H23N3S. The van der Waals surface area contributed by atoms with Gasteiger partial charge in [0.25, 0.3) is 0 Å². The highest BCUT2D eigenvalue weighted by atomic mass is 32.2. The summed E-state index contributed by atoms with van der Waals surface area (Å²) in [5.41, 5.74) is 0.422. The highest BCUT2D eigenvalue weighted by molar-refractivity contribution is 8.14. The minimum atomic E-state index is 0.422. The molecule has 96 valence electrons. The summed E-state index contributed by atoms with van der Waals surface area (Å²) in [5.74, 6) is 1.24. The van der Waals surface area contributed by atoms with Crippen molar-refractivity contribution in [2.45, 2.75) is 50.1 Å². The number of likely N-dealkylation sites (tertiary alicyclic amines) is 1. The second kappa shape index (κ2) is 4.81. The first-order chi connectivity index (χ1) is 8.27. The maximum Gasteiger partial charge on any atom is 0.157 e. The molecule has 1 atom stereocenters. The largest absolute Gasteiger partial charge is 0.359 e. The Morgan fingerprint density at radius 2 is 2.24 bits per heavy atom. The van der Waals surface area contributed by atoms with Gasteiger partial charge in [-0.05, 0) is 39.3 Å². The van der Waals surface area contributed by atoms with Crippen LogP contribution in [0.25, 0.3) is 0 Å². The number of rotatable bonds is 2. The molecule has 3 aliphatic rings. The fourth-order valence-electron chi connectivity index (χ4n) is 3.31. The van der Waals surface area contributed by atoms with E-state index in [-0.39, 0.29) is 0 Å². The van der Waals surface area contributed by atoms with Crippen molar-refractivity contribution >= 4 is 16.9 Å². The van der Waals surface area contributed by atoms with E-state index in [1.807, 2.05) is 11.8 Å². The van der Waals surface area contributed by atoms with Crippen molar-refractivity contribution in [3.05, 3.63) is 0 Å². The minimum Gasteiger partial charge on any atom is -0.359 e. The summed E-state index contributed by atoms with van der Waals surface area (Å²) in [6.45, 7) is 2.24. The van der Waals surface area contributed by atoms with Gasteiger partial charge in [-0.2, -0.15) is 0 Å². The molecule has 1 saturated carbocycles. The van der Waals surface area contributed by atoms with Gasteiger partial charge in [0.1, 0.15) is 0 Å². The van der Waals surface area contributed by atoms with Gasteiger partial charge >= 0.3 is 0 Å². The van der Waals surface area contributed by atoms with Crippen molar-refractivity contribution in [3.63, 3.8) is 0 Å². The molecule has 0 radical (unpaired) electrons. The van der Waals surface area contributed by atoms with Gasteiger partial charge in [0, 0.05) is 17.3 Å². The fourth-order valence-corrected chi connectivity index (χ4v) is 4.54. The third-order valence-corrected chi connectivity index (χ3v) is 5.74.